The highest BCUT2D eigenvalue weighted by Crippen LogP contribution is 2.47. The lowest BCUT2D eigenvalue weighted by molar-refractivity contribution is -0.437. The fraction of sp³-hybridized carbons (Fsp3) is 0.565. The summed E-state index contributed by atoms with van der Waals surface area (Å²) in [7, 11) is -3.97. The molecule has 1 unspecified atom stereocenters. The molecule has 0 fully saturated rings. The molecule has 2 heterocycles. The van der Waals surface area contributed by atoms with Crippen LogP contribution in [0.15, 0.2) is 23.6 Å². The van der Waals surface area contributed by atoms with Crippen molar-refractivity contribution >= 4 is 48.9 Å². The number of carbonyl (C=O) groups is 1. The Kier molecular flexibility index (Phi) is 7.55. The van der Waals surface area contributed by atoms with E-state index in [1.807, 2.05) is 6.92 Å². The van der Waals surface area contributed by atoms with Gasteiger partial charge in [0.2, 0.25) is 5.69 Å². The smallest absolute Gasteiger partial charge is 0.305 e. The number of unbranched alkanes of at least 4 members (excludes halogenated alkanes) is 2. The summed E-state index contributed by atoms with van der Waals surface area (Å²) in [6, 6.07) is 6.51. The summed E-state index contributed by atoms with van der Waals surface area (Å²) in [6.07, 6.45) is 4.56. The van der Waals surface area contributed by atoms with Crippen LogP contribution in [0.5, 0.6) is 0 Å². The summed E-state index contributed by atoms with van der Waals surface area (Å²) in [4.78, 5) is 11.6. The van der Waals surface area contributed by atoms with E-state index in [0.29, 0.717) is 26.0 Å². The third-order valence-corrected chi connectivity index (χ3v) is 8.01. The van der Waals surface area contributed by atoms with Crippen molar-refractivity contribution in [3.63, 3.8) is 0 Å². The van der Waals surface area contributed by atoms with Crippen LogP contribution in [0.1, 0.15) is 64.9 Å². The first-order valence-corrected chi connectivity index (χ1v) is 13.4. The molecular formula is C23H32NO5S2+. The summed E-state index contributed by atoms with van der Waals surface area (Å²) in [5.74, 6) is -0.372. The molecule has 0 saturated heterocycles. The predicted octanol–water partition coefficient (Wildman–Crippen LogP) is 5.07. The molecule has 1 aliphatic rings. The van der Waals surface area contributed by atoms with Crippen LogP contribution < -0.4 is 0 Å². The molecule has 1 atom stereocenters. The van der Waals surface area contributed by atoms with Crippen molar-refractivity contribution in [3.05, 3.63) is 29.1 Å². The van der Waals surface area contributed by atoms with Gasteiger partial charge in [0.1, 0.15) is 6.54 Å². The number of rotatable bonds is 11. The summed E-state index contributed by atoms with van der Waals surface area (Å²) in [6.45, 7) is 7.18. The zero-order valence-electron chi connectivity index (χ0n) is 18.5. The average molecular weight is 467 g/mol. The standard InChI is InChI=1S/C23H31NO5S2/c1-4-29-21(25)9-6-5-7-13-23(3)17(2)24(14-8-16-31(26,27)28)22-18-12-15-30-20(18)11-10-19(22)23/h10-12,15H,4-9,13-14,16H2,1-3H3/p+1. The van der Waals surface area contributed by atoms with Gasteiger partial charge in [0.25, 0.3) is 10.1 Å². The van der Waals surface area contributed by atoms with Gasteiger partial charge in [-0.3, -0.25) is 9.35 Å². The molecule has 0 aliphatic carbocycles. The molecule has 0 radical (unpaired) electrons. The molecule has 1 aromatic carbocycles. The van der Waals surface area contributed by atoms with Crippen LogP contribution in [-0.4, -0.2) is 48.1 Å². The van der Waals surface area contributed by atoms with Crippen LogP contribution in [0.3, 0.4) is 0 Å². The molecule has 8 heteroatoms. The van der Waals surface area contributed by atoms with Crippen LogP contribution in [0, 0.1) is 0 Å². The van der Waals surface area contributed by atoms with E-state index >= 15 is 0 Å². The van der Waals surface area contributed by atoms with Gasteiger partial charge >= 0.3 is 5.97 Å². The molecule has 1 aliphatic heterocycles. The van der Waals surface area contributed by atoms with Gasteiger partial charge in [-0.1, -0.05) is 12.8 Å². The van der Waals surface area contributed by atoms with E-state index in [4.69, 9.17) is 9.29 Å². The highest BCUT2D eigenvalue weighted by Gasteiger charge is 2.46. The van der Waals surface area contributed by atoms with Crippen molar-refractivity contribution in [2.24, 2.45) is 0 Å². The van der Waals surface area contributed by atoms with E-state index in [1.54, 1.807) is 11.3 Å². The van der Waals surface area contributed by atoms with Crippen molar-refractivity contribution in [2.45, 2.75) is 64.7 Å². The summed E-state index contributed by atoms with van der Waals surface area (Å²) >= 11 is 1.70. The second-order valence-electron chi connectivity index (χ2n) is 8.37. The molecule has 170 valence electrons. The van der Waals surface area contributed by atoms with Crippen molar-refractivity contribution in [1.29, 1.82) is 0 Å². The SMILES string of the molecule is CCOC(=O)CCCCCC1(C)C(C)=[N+](CCCS(=O)(=O)O)c2c1ccc1sccc21. The Morgan fingerprint density at radius 1 is 1.19 bits per heavy atom. The normalized spacial score (nSPS) is 18.6. The molecule has 3 rings (SSSR count). The maximum atomic E-state index is 11.6. The van der Waals surface area contributed by atoms with E-state index in [0.717, 1.165) is 25.7 Å². The Hall–Kier alpha value is -1.77. The number of thiophene rings is 1. The van der Waals surface area contributed by atoms with E-state index < -0.39 is 10.1 Å². The zero-order valence-corrected chi connectivity index (χ0v) is 20.2. The number of ether oxygens (including phenoxy) is 1. The number of fused-ring (bicyclic) bond motifs is 3. The summed E-state index contributed by atoms with van der Waals surface area (Å²) in [5.41, 5.74) is 3.50. The van der Waals surface area contributed by atoms with E-state index in [9.17, 15) is 13.2 Å². The quantitative estimate of drug-likeness (QED) is 0.216. The largest absolute Gasteiger partial charge is 0.466 e. The molecular weight excluding hydrogens is 434 g/mol. The number of benzene rings is 1. The van der Waals surface area contributed by atoms with Crippen molar-refractivity contribution in [3.8, 4) is 0 Å². The van der Waals surface area contributed by atoms with Gasteiger partial charge in [-0.2, -0.15) is 13.0 Å². The van der Waals surface area contributed by atoms with Gasteiger partial charge in [-0.25, -0.2) is 0 Å². The third-order valence-electron chi connectivity index (χ3n) is 6.32. The average Bonchev–Trinajstić information content (AvgIpc) is 3.25. The first-order valence-electron chi connectivity index (χ1n) is 10.9. The maximum absolute atomic E-state index is 11.6. The molecule has 2 aromatic rings. The van der Waals surface area contributed by atoms with Gasteiger partial charge in [0.15, 0.2) is 5.71 Å². The number of carbonyl (C=O) groups excluding carboxylic acids is 1. The molecule has 0 spiro atoms. The topological polar surface area (TPSA) is 83.7 Å². The number of nitrogens with zero attached hydrogens (tertiary/aromatic N) is 1. The monoisotopic (exact) mass is 466 g/mol. The molecule has 0 amide bonds. The Morgan fingerprint density at radius 3 is 2.68 bits per heavy atom. The first kappa shape index (κ1) is 23.9. The minimum atomic E-state index is -3.97. The number of hydrogen-bond donors (Lipinski definition) is 1. The van der Waals surface area contributed by atoms with E-state index in [-0.39, 0.29) is 17.1 Å². The van der Waals surface area contributed by atoms with Crippen LogP contribution >= 0.6 is 11.3 Å². The van der Waals surface area contributed by atoms with Crippen LogP contribution in [0.25, 0.3) is 10.1 Å². The Balaban J connectivity index is 1.80. The zero-order chi connectivity index (χ0) is 22.6. The Bertz CT molecular complexity index is 1090. The van der Waals surface area contributed by atoms with Crippen molar-refractivity contribution < 1.29 is 27.1 Å². The number of hydrogen-bond acceptors (Lipinski definition) is 5. The number of esters is 1. The van der Waals surface area contributed by atoms with Gasteiger partial charge < -0.3 is 4.74 Å². The highest BCUT2D eigenvalue weighted by atomic mass is 32.2. The van der Waals surface area contributed by atoms with Gasteiger partial charge in [-0.15, -0.1) is 11.3 Å². The highest BCUT2D eigenvalue weighted by molar-refractivity contribution is 7.85. The van der Waals surface area contributed by atoms with Crippen molar-refractivity contribution in [1.82, 2.24) is 0 Å². The lowest BCUT2D eigenvalue weighted by Gasteiger charge is -2.22. The van der Waals surface area contributed by atoms with Gasteiger partial charge in [-0.05, 0) is 50.3 Å². The maximum Gasteiger partial charge on any atom is 0.305 e. The molecule has 1 N–H and O–H groups in total. The minimum absolute atomic E-state index is 0.132. The molecule has 0 saturated carbocycles. The second kappa shape index (κ2) is 9.79. The minimum Gasteiger partial charge on any atom is -0.466 e. The fourth-order valence-electron chi connectivity index (χ4n) is 4.58. The lowest BCUT2D eigenvalue weighted by Crippen LogP contribution is -2.30. The van der Waals surface area contributed by atoms with Crippen LogP contribution in [0.2, 0.25) is 0 Å². The summed E-state index contributed by atoms with van der Waals surface area (Å²) in [5, 5.41) is 3.28. The first-order chi connectivity index (χ1) is 14.7. The van der Waals surface area contributed by atoms with Crippen LogP contribution in [0.4, 0.5) is 5.69 Å². The third kappa shape index (κ3) is 5.35. The molecule has 0 bridgehead atoms. The molecule has 31 heavy (non-hydrogen) atoms. The fourth-order valence-corrected chi connectivity index (χ4v) is 5.87. The lowest BCUT2D eigenvalue weighted by atomic mass is 9.75. The predicted molar refractivity (Wildman–Crippen MR) is 125 cm³/mol. The van der Waals surface area contributed by atoms with E-state index in [2.05, 4.69) is 42.0 Å². The van der Waals surface area contributed by atoms with E-state index in [1.165, 1.54) is 27.0 Å². The Morgan fingerprint density at radius 2 is 1.97 bits per heavy atom. The summed E-state index contributed by atoms with van der Waals surface area (Å²) < 4.78 is 40.1. The second-order valence-corrected chi connectivity index (χ2v) is 10.9. The van der Waals surface area contributed by atoms with Crippen LogP contribution in [-0.2, 0) is 25.1 Å². The molecule has 6 nitrogen and oxygen atoms in total. The van der Waals surface area contributed by atoms with Crippen molar-refractivity contribution in [2.75, 3.05) is 18.9 Å². The van der Waals surface area contributed by atoms with Gasteiger partial charge in [0, 0.05) is 30.0 Å². The van der Waals surface area contributed by atoms with Gasteiger partial charge in [0.05, 0.1) is 23.2 Å². The molecule has 1 aromatic heterocycles. The Labute approximate surface area is 188 Å².